The average molecular weight is 248 g/mol. The highest BCUT2D eigenvalue weighted by molar-refractivity contribution is 5.70. The van der Waals surface area contributed by atoms with Crippen LogP contribution in [0.2, 0.25) is 0 Å². The van der Waals surface area contributed by atoms with Gasteiger partial charge in [-0.25, -0.2) is 0 Å². The van der Waals surface area contributed by atoms with E-state index < -0.39 is 5.97 Å². The van der Waals surface area contributed by atoms with E-state index in [0.717, 1.165) is 5.56 Å². The molecule has 1 aromatic rings. The molecule has 0 amide bonds. The van der Waals surface area contributed by atoms with Gasteiger partial charge in [-0.05, 0) is 18.4 Å². The lowest BCUT2D eigenvalue weighted by Gasteiger charge is -2.05. The second kappa shape index (κ2) is 8.48. The number of hydrogen-bond acceptors (Lipinski definition) is 2. The van der Waals surface area contributed by atoms with Gasteiger partial charge in [0.05, 0.1) is 19.1 Å². The normalized spacial score (nSPS) is 12.7. The van der Waals surface area contributed by atoms with Crippen LogP contribution in [-0.2, 0) is 16.1 Å². The first-order chi connectivity index (χ1) is 8.74. The summed E-state index contributed by atoms with van der Waals surface area (Å²) in [6.07, 6.45) is 4.99. The SMILES string of the molecule is CC[C@H](CC=CCOCc1ccccc1)C(=O)O. The molecular weight excluding hydrogens is 228 g/mol. The number of allylic oxidation sites excluding steroid dienone is 1. The molecule has 3 nitrogen and oxygen atoms in total. The average Bonchev–Trinajstić information content (AvgIpc) is 2.38. The standard InChI is InChI=1S/C15H20O3/c1-2-14(15(16)17)10-6-7-11-18-12-13-8-4-3-5-9-13/h3-9,14H,2,10-12H2,1H3,(H,16,17)/t14-/m1/s1. The van der Waals surface area contributed by atoms with Gasteiger partial charge < -0.3 is 9.84 Å². The van der Waals surface area contributed by atoms with Crippen LogP contribution in [-0.4, -0.2) is 17.7 Å². The van der Waals surface area contributed by atoms with Crippen LogP contribution in [0.1, 0.15) is 25.3 Å². The molecule has 1 N–H and O–H groups in total. The van der Waals surface area contributed by atoms with Crippen molar-refractivity contribution in [1.29, 1.82) is 0 Å². The van der Waals surface area contributed by atoms with Crippen LogP contribution in [0.5, 0.6) is 0 Å². The molecule has 0 saturated heterocycles. The van der Waals surface area contributed by atoms with Crippen molar-refractivity contribution in [2.75, 3.05) is 6.61 Å². The lowest BCUT2D eigenvalue weighted by Crippen LogP contribution is -2.11. The summed E-state index contributed by atoms with van der Waals surface area (Å²) in [6.45, 7) is 2.99. The topological polar surface area (TPSA) is 46.5 Å². The molecule has 0 aliphatic carbocycles. The molecule has 98 valence electrons. The van der Waals surface area contributed by atoms with Crippen molar-refractivity contribution in [3.63, 3.8) is 0 Å². The Balaban J connectivity index is 2.16. The number of ether oxygens (including phenoxy) is 1. The summed E-state index contributed by atoms with van der Waals surface area (Å²) in [5.41, 5.74) is 1.14. The first-order valence-electron chi connectivity index (χ1n) is 6.23. The number of benzene rings is 1. The molecular formula is C15H20O3. The van der Waals surface area contributed by atoms with Crippen LogP contribution in [0.3, 0.4) is 0 Å². The summed E-state index contributed by atoms with van der Waals surface area (Å²) in [7, 11) is 0. The molecule has 0 heterocycles. The van der Waals surface area contributed by atoms with E-state index >= 15 is 0 Å². The molecule has 0 fully saturated rings. The fraction of sp³-hybridized carbons (Fsp3) is 0.400. The Morgan fingerprint density at radius 1 is 1.33 bits per heavy atom. The predicted molar refractivity (Wildman–Crippen MR) is 71.3 cm³/mol. The van der Waals surface area contributed by atoms with E-state index in [-0.39, 0.29) is 5.92 Å². The fourth-order valence-corrected chi connectivity index (χ4v) is 1.59. The van der Waals surface area contributed by atoms with E-state index in [2.05, 4.69) is 0 Å². The third kappa shape index (κ3) is 5.64. The van der Waals surface area contributed by atoms with Crippen molar-refractivity contribution < 1.29 is 14.6 Å². The van der Waals surface area contributed by atoms with E-state index in [4.69, 9.17) is 9.84 Å². The maximum Gasteiger partial charge on any atom is 0.306 e. The van der Waals surface area contributed by atoms with Crippen LogP contribution < -0.4 is 0 Å². The zero-order chi connectivity index (χ0) is 13.2. The zero-order valence-corrected chi connectivity index (χ0v) is 10.7. The summed E-state index contributed by atoms with van der Waals surface area (Å²) in [6, 6.07) is 9.96. The maximum atomic E-state index is 10.8. The molecule has 0 unspecified atom stereocenters. The lowest BCUT2D eigenvalue weighted by atomic mass is 10.0. The highest BCUT2D eigenvalue weighted by atomic mass is 16.5. The highest BCUT2D eigenvalue weighted by Gasteiger charge is 2.11. The Labute approximate surface area is 108 Å². The Kier molecular flexibility index (Phi) is 6.81. The molecule has 3 heteroatoms. The predicted octanol–water partition coefficient (Wildman–Crippen LogP) is 3.26. The summed E-state index contributed by atoms with van der Waals surface area (Å²) >= 11 is 0. The minimum absolute atomic E-state index is 0.282. The van der Waals surface area contributed by atoms with Crippen molar-refractivity contribution in [3.05, 3.63) is 48.0 Å². The van der Waals surface area contributed by atoms with Crippen LogP contribution in [0.25, 0.3) is 0 Å². The van der Waals surface area contributed by atoms with Crippen molar-refractivity contribution in [2.45, 2.75) is 26.4 Å². The molecule has 0 radical (unpaired) electrons. The first kappa shape index (κ1) is 14.5. The second-order valence-corrected chi connectivity index (χ2v) is 4.15. The molecule has 18 heavy (non-hydrogen) atoms. The summed E-state index contributed by atoms with van der Waals surface area (Å²) in [4.78, 5) is 10.8. The highest BCUT2D eigenvalue weighted by Crippen LogP contribution is 2.08. The third-order valence-electron chi connectivity index (χ3n) is 2.75. The Hall–Kier alpha value is -1.61. The third-order valence-corrected chi connectivity index (χ3v) is 2.75. The van der Waals surface area contributed by atoms with Crippen LogP contribution in [0, 0.1) is 5.92 Å². The summed E-state index contributed by atoms with van der Waals surface area (Å²) in [5.74, 6) is -1.01. The van der Waals surface area contributed by atoms with Gasteiger partial charge in [0.1, 0.15) is 0 Å². The van der Waals surface area contributed by atoms with E-state index in [1.807, 2.05) is 49.4 Å². The van der Waals surface area contributed by atoms with Crippen LogP contribution in [0.15, 0.2) is 42.5 Å². The second-order valence-electron chi connectivity index (χ2n) is 4.15. The van der Waals surface area contributed by atoms with Gasteiger partial charge in [-0.3, -0.25) is 4.79 Å². The number of rotatable bonds is 8. The summed E-state index contributed by atoms with van der Waals surface area (Å²) in [5, 5.41) is 8.86. The quantitative estimate of drug-likeness (QED) is 0.567. The van der Waals surface area contributed by atoms with Crippen molar-refractivity contribution in [1.82, 2.24) is 0 Å². The molecule has 0 aliphatic rings. The molecule has 1 aromatic carbocycles. The van der Waals surface area contributed by atoms with E-state index in [9.17, 15) is 4.79 Å². The molecule has 0 spiro atoms. The van der Waals surface area contributed by atoms with Crippen LogP contribution in [0.4, 0.5) is 0 Å². The van der Waals surface area contributed by atoms with Gasteiger partial charge in [0, 0.05) is 0 Å². The number of carbonyl (C=O) groups is 1. The lowest BCUT2D eigenvalue weighted by molar-refractivity contribution is -0.141. The van der Waals surface area contributed by atoms with Gasteiger partial charge in [-0.1, -0.05) is 49.4 Å². The number of aliphatic carboxylic acids is 1. The molecule has 0 bridgehead atoms. The Bertz CT molecular complexity index is 371. The van der Waals surface area contributed by atoms with Gasteiger partial charge in [-0.2, -0.15) is 0 Å². The van der Waals surface area contributed by atoms with Gasteiger partial charge in [0.25, 0.3) is 0 Å². The molecule has 0 saturated carbocycles. The number of hydrogen-bond donors (Lipinski definition) is 1. The van der Waals surface area contributed by atoms with Gasteiger partial charge >= 0.3 is 5.97 Å². The zero-order valence-electron chi connectivity index (χ0n) is 10.7. The van der Waals surface area contributed by atoms with E-state index in [1.165, 1.54) is 0 Å². The van der Waals surface area contributed by atoms with Crippen LogP contribution >= 0.6 is 0 Å². The minimum atomic E-state index is -0.729. The van der Waals surface area contributed by atoms with Gasteiger partial charge in [-0.15, -0.1) is 0 Å². The summed E-state index contributed by atoms with van der Waals surface area (Å²) < 4.78 is 5.46. The Morgan fingerprint density at radius 3 is 2.67 bits per heavy atom. The molecule has 1 rings (SSSR count). The van der Waals surface area contributed by atoms with Gasteiger partial charge in [0.2, 0.25) is 0 Å². The van der Waals surface area contributed by atoms with Gasteiger partial charge in [0.15, 0.2) is 0 Å². The van der Waals surface area contributed by atoms with E-state index in [1.54, 1.807) is 0 Å². The largest absolute Gasteiger partial charge is 0.481 e. The fourth-order valence-electron chi connectivity index (χ4n) is 1.59. The minimum Gasteiger partial charge on any atom is -0.481 e. The first-order valence-corrected chi connectivity index (χ1v) is 6.23. The number of carboxylic acids is 1. The Morgan fingerprint density at radius 2 is 2.06 bits per heavy atom. The molecule has 0 aliphatic heterocycles. The van der Waals surface area contributed by atoms with Crippen molar-refractivity contribution in [3.8, 4) is 0 Å². The number of carboxylic acid groups (broad SMARTS) is 1. The molecule has 0 aromatic heterocycles. The van der Waals surface area contributed by atoms with Crippen molar-refractivity contribution >= 4 is 5.97 Å². The smallest absolute Gasteiger partial charge is 0.306 e. The van der Waals surface area contributed by atoms with Crippen molar-refractivity contribution in [2.24, 2.45) is 5.92 Å². The molecule has 1 atom stereocenters. The van der Waals surface area contributed by atoms with E-state index in [0.29, 0.717) is 26.1 Å². The maximum absolute atomic E-state index is 10.8. The monoisotopic (exact) mass is 248 g/mol.